The summed E-state index contributed by atoms with van der Waals surface area (Å²) in [6, 6.07) is 9.21. The molecule has 0 aliphatic carbocycles. The number of carbonyl (C=O) groups is 1. The molecule has 6 N–H and O–H groups in total. The maximum absolute atomic E-state index is 13.8. The van der Waals surface area contributed by atoms with Gasteiger partial charge in [0.05, 0.1) is 25.1 Å². The quantitative estimate of drug-likeness (QED) is 0.201. The van der Waals surface area contributed by atoms with Crippen molar-refractivity contribution in [3.05, 3.63) is 36.7 Å². The van der Waals surface area contributed by atoms with E-state index in [1.54, 1.807) is 44.2 Å². The number of hydrogen-bond acceptors (Lipinski definition) is 13. The summed E-state index contributed by atoms with van der Waals surface area (Å²) in [4.78, 5) is 24.6. The number of nitrogen functional groups attached to an aromatic ring is 2. The highest BCUT2D eigenvalue weighted by molar-refractivity contribution is 7.52. The van der Waals surface area contributed by atoms with Crippen LogP contribution in [0, 0.1) is 16.7 Å². The molecule has 0 spiro atoms. The van der Waals surface area contributed by atoms with Gasteiger partial charge in [0.15, 0.2) is 17.7 Å². The summed E-state index contributed by atoms with van der Waals surface area (Å²) in [6.45, 7) is 5.82. The number of ether oxygens (including phenoxy) is 2. The molecule has 1 aliphatic heterocycles. The molecule has 2 aromatic heterocycles. The zero-order valence-corrected chi connectivity index (χ0v) is 23.2. The Hall–Kier alpha value is -3.80. The van der Waals surface area contributed by atoms with Crippen molar-refractivity contribution in [1.29, 1.82) is 5.26 Å². The molecule has 1 fully saturated rings. The molecule has 1 saturated heterocycles. The molecular weight excluding hydrogens is 543 g/mol. The topological polar surface area (TPSA) is 223 Å². The number of hydrogen-bond donors (Lipinski definition) is 4. The zero-order valence-electron chi connectivity index (χ0n) is 22.3. The molecule has 0 radical (unpaired) electrons. The fourth-order valence-corrected chi connectivity index (χ4v) is 5.66. The number of para-hydroxylation sites is 1. The molecule has 40 heavy (non-hydrogen) atoms. The van der Waals surface area contributed by atoms with Crippen LogP contribution in [0.5, 0.6) is 5.75 Å². The van der Waals surface area contributed by atoms with E-state index in [4.69, 9.17) is 30.0 Å². The molecule has 1 unspecified atom stereocenters. The van der Waals surface area contributed by atoms with Gasteiger partial charge in [-0.15, -0.1) is 0 Å². The molecule has 4 rings (SSSR count). The second-order valence-electron chi connectivity index (χ2n) is 9.69. The molecular formula is C24H31N8O7P. The molecule has 15 nitrogen and oxygen atoms in total. The zero-order chi connectivity index (χ0) is 29.2. The van der Waals surface area contributed by atoms with E-state index in [2.05, 4.69) is 26.1 Å². The summed E-state index contributed by atoms with van der Waals surface area (Å²) in [6.07, 6.45) is -2.73. The van der Waals surface area contributed by atoms with Crippen LogP contribution < -0.4 is 21.1 Å². The van der Waals surface area contributed by atoms with Crippen molar-refractivity contribution in [3.8, 4) is 11.8 Å². The summed E-state index contributed by atoms with van der Waals surface area (Å²) in [7, 11) is -4.25. The minimum absolute atomic E-state index is 0.0357. The largest absolute Gasteiger partial charge is 0.462 e. The minimum atomic E-state index is -4.25. The van der Waals surface area contributed by atoms with E-state index in [1.165, 1.54) is 24.7 Å². The van der Waals surface area contributed by atoms with Crippen molar-refractivity contribution in [2.24, 2.45) is 5.41 Å². The van der Waals surface area contributed by atoms with Crippen LogP contribution in [0.4, 0.5) is 11.8 Å². The van der Waals surface area contributed by atoms with E-state index in [-0.39, 0.29) is 28.7 Å². The Bertz CT molecular complexity index is 1460. The summed E-state index contributed by atoms with van der Waals surface area (Å²) < 4.78 is 37.8. The number of aliphatic hydroxyl groups is 1. The van der Waals surface area contributed by atoms with Gasteiger partial charge in [-0.3, -0.25) is 13.9 Å². The van der Waals surface area contributed by atoms with Gasteiger partial charge in [-0.05, 0) is 39.8 Å². The minimum Gasteiger partial charge on any atom is -0.462 e. The summed E-state index contributed by atoms with van der Waals surface area (Å²) >= 11 is 0. The Morgan fingerprint density at radius 2 is 2.00 bits per heavy atom. The highest BCUT2D eigenvalue weighted by atomic mass is 31.2. The average molecular weight is 575 g/mol. The predicted molar refractivity (Wildman–Crippen MR) is 142 cm³/mol. The number of imidazole rings is 1. The number of aliphatic hydroxyl groups excluding tert-OH is 1. The van der Waals surface area contributed by atoms with E-state index in [0.29, 0.717) is 0 Å². The maximum atomic E-state index is 13.8. The molecule has 0 amide bonds. The van der Waals surface area contributed by atoms with Gasteiger partial charge in [0.1, 0.15) is 34.9 Å². The lowest BCUT2D eigenvalue weighted by molar-refractivity contribution is -0.149. The van der Waals surface area contributed by atoms with Gasteiger partial charge in [-0.2, -0.15) is 20.3 Å². The van der Waals surface area contributed by atoms with Crippen LogP contribution >= 0.6 is 7.75 Å². The number of fused-ring (bicyclic) bond motifs is 1. The van der Waals surface area contributed by atoms with Crippen molar-refractivity contribution in [2.75, 3.05) is 18.1 Å². The Morgan fingerprint density at radius 1 is 1.30 bits per heavy atom. The molecule has 0 bridgehead atoms. The van der Waals surface area contributed by atoms with Gasteiger partial charge >= 0.3 is 13.7 Å². The Morgan fingerprint density at radius 3 is 2.65 bits per heavy atom. The van der Waals surface area contributed by atoms with E-state index < -0.39 is 56.3 Å². The number of aromatic nitrogens is 4. The molecule has 3 heterocycles. The number of rotatable bonds is 10. The molecule has 6 atom stereocenters. The van der Waals surface area contributed by atoms with E-state index in [1.807, 2.05) is 0 Å². The van der Waals surface area contributed by atoms with Crippen molar-refractivity contribution in [1.82, 2.24) is 24.6 Å². The molecule has 0 saturated carbocycles. The summed E-state index contributed by atoms with van der Waals surface area (Å²) in [5, 5.41) is 23.8. The van der Waals surface area contributed by atoms with Gasteiger partial charge in [0.2, 0.25) is 5.95 Å². The van der Waals surface area contributed by atoms with Crippen LogP contribution in [0.25, 0.3) is 11.2 Å². The van der Waals surface area contributed by atoms with Crippen molar-refractivity contribution >= 4 is 36.6 Å². The lowest BCUT2D eigenvalue weighted by Crippen LogP contribution is -2.39. The van der Waals surface area contributed by atoms with Crippen LogP contribution in [-0.4, -0.2) is 61.6 Å². The SMILES string of the molecule is CC(C)OC(=O)[C@@H](C)NP(=O)(OC[C@H]1O[C@@H](n2cnc3c(N)nc(N)nc32)[C@](C)(C#N)[C@@H]1O)Oc1ccccc1. The van der Waals surface area contributed by atoms with Crippen molar-refractivity contribution < 1.29 is 33.0 Å². The molecule has 3 aromatic rings. The second-order valence-corrected chi connectivity index (χ2v) is 11.4. The van der Waals surface area contributed by atoms with Gasteiger partial charge in [-0.25, -0.2) is 9.55 Å². The van der Waals surface area contributed by atoms with Gasteiger partial charge in [0, 0.05) is 0 Å². The van der Waals surface area contributed by atoms with Gasteiger partial charge in [-0.1, -0.05) is 18.2 Å². The highest BCUT2D eigenvalue weighted by Gasteiger charge is 2.55. The van der Waals surface area contributed by atoms with Crippen LogP contribution in [0.3, 0.4) is 0 Å². The van der Waals surface area contributed by atoms with Crippen molar-refractivity contribution in [2.45, 2.75) is 58.3 Å². The van der Waals surface area contributed by atoms with E-state index >= 15 is 0 Å². The fourth-order valence-electron chi connectivity index (χ4n) is 4.15. The van der Waals surface area contributed by atoms with Gasteiger partial charge < -0.3 is 30.6 Å². The third kappa shape index (κ3) is 5.86. The number of anilines is 2. The van der Waals surface area contributed by atoms with E-state index in [0.717, 1.165) is 0 Å². The number of nitrogens with two attached hydrogens (primary N) is 2. The van der Waals surface area contributed by atoms with Crippen LogP contribution in [0.1, 0.15) is 33.9 Å². The maximum Gasteiger partial charge on any atom is 0.459 e. The molecule has 1 aromatic carbocycles. The first-order valence-electron chi connectivity index (χ1n) is 12.3. The smallest absolute Gasteiger partial charge is 0.459 e. The monoisotopic (exact) mass is 574 g/mol. The van der Waals surface area contributed by atoms with Gasteiger partial charge in [0.25, 0.3) is 0 Å². The first-order valence-corrected chi connectivity index (χ1v) is 13.9. The Kier molecular flexibility index (Phi) is 8.29. The second kappa shape index (κ2) is 11.4. The van der Waals surface area contributed by atoms with Crippen LogP contribution in [0.15, 0.2) is 36.7 Å². The first kappa shape index (κ1) is 29.2. The van der Waals surface area contributed by atoms with Crippen molar-refractivity contribution in [3.63, 3.8) is 0 Å². The normalized spacial score (nSPS) is 24.9. The number of carbonyl (C=O) groups excluding carboxylic acids is 1. The first-order chi connectivity index (χ1) is 18.9. The van der Waals surface area contributed by atoms with E-state index in [9.17, 15) is 19.7 Å². The Balaban J connectivity index is 1.59. The number of esters is 1. The Labute approximate surface area is 230 Å². The number of benzene rings is 1. The molecule has 1 aliphatic rings. The standard InChI is InChI=1S/C24H31N8O7P/c1-13(2)37-21(34)14(3)31-40(35,39-15-8-6-5-7-9-15)36-10-16-18(33)24(4,11-25)22(38-16)32-12-28-17-19(26)29-23(27)30-20(17)32/h5-9,12-14,16,18,22,33H,10H2,1-4H3,(H,31,35)(H4,26,27,29,30)/t14-,16-,18-,22-,24-,40?/m1/s1. The summed E-state index contributed by atoms with van der Waals surface area (Å²) in [5.41, 5.74) is 10.6. The average Bonchev–Trinajstić information content (AvgIpc) is 3.42. The summed E-state index contributed by atoms with van der Waals surface area (Å²) in [5.74, 6) is -0.542. The molecule has 16 heteroatoms. The highest BCUT2D eigenvalue weighted by Crippen LogP contribution is 2.49. The third-order valence-electron chi connectivity index (χ3n) is 6.18. The number of nitrogens with zero attached hydrogens (tertiary/aromatic N) is 5. The number of nitrogens with one attached hydrogen (secondary N) is 1. The lowest BCUT2D eigenvalue weighted by atomic mass is 9.84. The van der Waals surface area contributed by atoms with Crippen LogP contribution in [0.2, 0.25) is 0 Å². The lowest BCUT2D eigenvalue weighted by Gasteiger charge is -2.26. The third-order valence-corrected chi connectivity index (χ3v) is 7.82. The number of nitriles is 1. The predicted octanol–water partition coefficient (Wildman–Crippen LogP) is 1.91. The fraction of sp³-hybridized carbons (Fsp3) is 0.458. The molecule has 214 valence electrons. The van der Waals surface area contributed by atoms with Crippen LogP contribution in [-0.2, 0) is 23.4 Å².